The van der Waals surface area contributed by atoms with E-state index < -0.39 is 11.4 Å². The minimum absolute atomic E-state index is 0.0282. The topological polar surface area (TPSA) is 82.1 Å². The van der Waals surface area contributed by atoms with Crippen molar-refractivity contribution in [3.63, 3.8) is 0 Å². The number of benzene rings is 2. The van der Waals surface area contributed by atoms with Crippen LogP contribution in [0.4, 0.5) is 5.69 Å². The molecule has 0 spiro atoms. The first-order valence-corrected chi connectivity index (χ1v) is 13.5. The molecule has 2 bridgehead atoms. The van der Waals surface area contributed by atoms with Crippen LogP contribution in [0.1, 0.15) is 84.7 Å². The second-order valence-corrected chi connectivity index (χ2v) is 11.9. The fourth-order valence-corrected chi connectivity index (χ4v) is 6.74. The number of nitrogens with zero attached hydrogens (tertiary/aromatic N) is 1. The number of esters is 1. The molecule has 38 heavy (non-hydrogen) atoms. The number of amides is 1. The van der Waals surface area contributed by atoms with Crippen LogP contribution in [0.2, 0.25) is 0 Å². The number of Topliss-reactive ketones (excluding diaryl/α,β-unsaturated/α-hetero) is 1. The maximum atomic E-state index is 13.9. The minimum atomic E-state index is -0.622. The standard InChI is InChI=1S/C31H37NO6/c1-17(2)11-24(33)22-9-10-25-26(28(22)36-6)29(34)37-16-20-12-18(3)13-23(27(20)38-25)32(5)30(35)31(4)15-19-7-8-21(31)14-19/h9-10,12-13,17,19,21H,7-8,11,14-16H2,1-6H3. The van der Waals surface area contributed by atoms with Gasteiger partial charge in [-0.05, 0) is 73.8 Å². The number of rotatable bonds is 6. The predicted molar refractivity (Wildman–Crippen MR) is 144 cm³/mol. The molecular weight excluding hydrogens is 482 g/mol. The number of hydrogen-bond acceptors (Lipinski definition) is 6. The molecule has 3 atom stereocenters. The second kappa shape index (κ2) is 9.75. The zero-order valence-electron chi connectivity index (χ0n) is 23.2. The molecule has 3 unspecified atom stereocenters. The van der Waals surface area contributed by atoms with E-state index >= 15 is 0 Å². The molecule has 0 radical (unpaired) electrons. The van der Waals surface area contributed by atoms with Crippen LogP contribution in [0.3, 0.4) is 0 Å². The zero-order chi connectivity index (χ0) is 27.4. The maximum Gasteiger partial charge on any atom is 0.346 e. The lowest BCUT2D eigenvalue weighted by atomic mass is 9.73. The Morgan fingerprint density at radius 2 is 1.97 bits per heavy atom. The molecular formula is C31H37NO6. The van der Waals surface area contributed by atoms with Gasteiger partial charge >= 0.3 is 5.97 Å². The van der Waals surface area contributed by atoms with Crippen LogP contribution in [0.15, 0.2) is 24.3 Å². The molecule has 0 aromatic heterocycles. The van der Waals surface area contributed by atoms with Gasteiger partial charge in [-0.3, -0.25) is 9.59 Å². The van der Waals surface area contributed by atoms with Crippen molar-refractivity contribution in [2.75, 3.05) is 19.1 Å². The summed E-state index contributed by atoms with van der Waals surface area (Å²) >= 11 is 0. The first kappa shape index (κ1) is 26.3. The van der Waals surface area contributed by atoms with Gasteiger partial charge in [-0.25, -0.2) is 4.79 Å². The van der Waals surface area contributed by atoms with Crippen molar-refractivity contribution in [2.45, 2.75) is 66.4 Å². The SMILES string of the molecule is COc1c(C(=O)CC(C)C)ccc2c1C(=O)OCc1cc(C)cc(N(C)C(=O)C3(C)CC4CCC3C4)c1O2. The van der Waals surface area contributed by atoms with Crippen molar-refractivity contribution in [1.29, 1.82) is 0 Å². The van der Waals surface area contributed by atoms with Gasteiger partial charge in [-0.15, -0.1) is 0 Å². The van der Waals surface area contributed by atoms with Crippen LogP contribution in [0.5, 0.6) is 17.2 Å². The number of methoxy groups -OCH3 is 1. The Hall–Kier alpha value is -3.35. The smallest absolute Gasteiger partial charge is 0.346 e. The van der Waals surface area contributed by atoms with Gasteiger partial charge in [-0.2, -0.15) is 0 Å². The van der Waals surface area contributed by atoms with Crippen LogP contribution in [0, 0.1) is 30.1 Å². The Balaban J connectivity index is 1.57. The summed E-state index contributed by atoms with van der Waals surface area (Å²) in [7, 11) is 3.23. The third-order valence-electron chi connectivity index (χ3n) is 8.59. The van der Waals surface area contributed by atoms with E-state index in [1.54, 1.807) is 24.1 Å². The number of carbonyl (C=O) groups is 3. The highest BCUT2D eigenvalue weighted by Crippen LogP contribution is 2.57. The van der Waals surface area contributed by atoms with Crippen LogP contribution >= 0.6 is 0 Å². The molecule has 5 rings (SSSR count). The summed E-state index contributed by atoms with van der Waals surface area (Å²) in [6.45, 7) is 7.95. The molecule has 2 aromatic carbocycles. The van der Waals surface area contributed by atoms with Gasteiger partial charge in [0.2, 0.25) is 5.91 Å². The molecule has 1 aliphatic heterocycles. The molecule has 2 saturated carbocycles. The fraction of sp³-hybridized carbons (Fsp3) is 0.516. The van der Waals surface area contributed by atoms with Gasteiger partial charge in [0.05, 0.1) is 23.8 Å². The number of fused-ring (bicyclic) bond motifs is 4. The number of anilines is 1. The third-order valence-corrected chi connectivity index (χ3v) is 8.59. The molecule has 7 heteroatoms. The van der Waals surface area contributed by atoms with E-state index in [-0.39, 0.29) is 41.3 Å². The maximum absolute atomic E-state index is 13.9. The lowest BCUT2D eigenvalue weighted by Gasteiger charge is -2.37. The highest BCUT2D eigenvalue weighted by molar-refractivity contribution is 6.05. The Bertz CT molecular complexity index is 1310. The van der Waals surface area contributed by atoms with Gasteiger partial charge in [0, 0.05) is 19.0 Å². The van der Waals surface area contributed by atoms with E-state index in [9.17, 15) is 14.4 Å². The second-order valence-electron chi connectivity index (χ2n) is 11.9. The van der Waals surface area contributed by atoms with Gasteiger partial charge < -0.3 is 19.1 Å². The highest BCUT2D eigenvalue weighted by Gasteiger charge is 2.53. The van der Waals surface area contributed by atoms with Gasteiger partial charge in [-0.1, -0.05) is 27.2 Å². The van der Waals surface area contributed by atoms with Crippen LogP contribution in [0.25, 0.3) is 0 Å². The van der Waals surface area contributed by atoms with Crippen molar-refractivity contribution < 1.29 is 28.6 Å². The largest absolute Gasteiger partial charge is 0.495 e. The molecule has 7 nitrogen and oxygen atoms in total. The first-order chi connectivity index (χ1) is 18.0. The lowest BCUT2D eigenvalue weighted by Crippen LogP contribution is -2.43. The predicted octanol–water partition coefficient (Wildman–Crippen LogP) is 6.48. The minimum Gasteiger partial charge on any atom is -0.495 e. The average Bonchev–Trinajstić information content (AvgIpc) is 3.47. The molecule has 3 aliphatic rings. The summed E-state index contributed by atoms with van der Waals surface area (Å²) in [5.74, 6) is 1.38. The normalized spacial score (nSPS) is 23.6. The highest BCUT2D eigenvalue weighted by atomic mass is 16.5. The Morgan fingerprint density at radius 3 is 2.61 bits per heavy atom. The zero-order valence-corrected chi connectivity index (χ0v) is 23.2. The van der Waals surface area contributed by atoms with Crippen molar-refractivity contribution >= 4 is 23.3 Å². The van der Waals surface area contributed by atoms with Gasteiger partial charge in [0.15, 0.2) is 11.5 Å². The Morgan fingerprint density at radius 1 is 1.21 bits per heavy atom. The molecule has 202 valence electrons. The van der Waals surface area contributed by atoms with Crippen molar-refractivity contribution in [3.8, 4) is 17.2 Å². The summed E-state index contributed by atoms with van der Waals surface area (Å²) < 4.78 is 17.7. The number of carbonyl (C=O) groups excluding carboxylic acids is 3. The van der Waals surface area contributed by atoms with Gasteiger partial charge in [0.25, 0.3) is 0 Å². The third kappa shape index (κ3) is 4.36. The van der Waals surface area contributed by atoms with Crippen LogP contribution < -0.4 is 14.4 Å². The fourth-order valence-electron chi connectivity index (χ4n) is 6.74. The van der Waals surface area contributed by atoms with E-state index in [0.717, 1.165) is 24.8 Å². The summed E-state index contributed by atoms with van der Waals surface area (Å²) in [6.07, 6.45) is 4.68. The van der Waals surface area contributed by atoms with Crippen molar-refractivity contribution in [3.05, 3.63) is 46.5 Å². The molecule has 2 aliphatic carbocycles. The Kier molecular flexibility index (Phi) is 6.74. The quantitative estimate of drug-likeness (QED) is 0.321. The molecule has 1 heterocycles. The number of ether oxygens (including phenoxy) is 3. The first-order valence-electron chi connectivity index (χ1n) is 13.5. The summed E-state index contributed by atoms with van der Waals surface area (Å²) in [5.41, 5.74) is 2.25. The summed E-state index contributed by atoms with van der Waals surface area (Å²) in [5, 5.41) is 0. The monoisotopic (exact) mass is 519 g/mol. The molecule has 0 N–H and O–H groups in total. The molecule has 2 fully saturated rings. The van der Waals surface area contributed by atoms with E-state index in [0.29, 0.717) is 40.8 Å². The van der Waals surface area contributed by atoms with Crippen molar-refractivity contribution in [2.24, 2.45) is 23.2 Å². The van der Waals surface area contributed by atoms with E-state index in [4.69, 9.17) is 14.2 Å². The number of aryl methyl sites for hydroxylation is 1. The van der Waals surface area contributed by atoms with Crippen molar-refractivity contribution in [1.82, 2.24) is 0 Å². The number of cyclic esters (lactones) is 1. The summed E-state index contributed by atoms with van der Waals surface area (Å²) in [4.78, 5) is 41.8. The number of hydrogen-bond donors (Lipinski definition) is 0. The number of ketones is 1. The molecule has 2 aromatic rings. The molecule has 1 amide bonds. The van der Waals surface area contributed by atoms with E-state index in [1.165, 1.54) is 13.5 Å². The van der Waals surface area contributed by atoms with Gasteiger partial charge in [0.1, 0.15) is 23.7 Å². The molecule has 0 saturated heterocycles. The lowest BCUT2D eigenvalue weighted by molar-refractivity contribution is -0.129. The van der Waals surface area contributed by atoms with Crippen LogP contribution in [-0.2, 0) is 16.1 Å². The van der Waals surface area contributed by atoms with E-state index in [2.05, 4.69) is 6.92 Å². The Labute approximate surface area is 224 Å². The summed E-state index contributed by atoms with van der Waals surface area (Å²) in [6, 6.07) is 7.10. The average molecular weight is 520 g/mol. The van der Waals surface area contributed by atoms with Crippen LogP contribution in [-0.4, -0.2) is 31.8 Å². The van der Waals surface area contributed by atoms with E-state index in [1.807, 2.05) is 32.9 Å².